The minimum absolute atomic E-state index is 0.00163. The second-order valence-corrected chi connectivity index (χ2v) is 6.93. The van der Waals surface area contributed by atoms with Crippen LogP contribution in [-0.4, -0.2) is 34.3 Å². The predicted molar refractivity (Wildman–Crippen MR) is 109 cm³/mol. The zero-order valence-corrected chi connectivity index (χ0v) is 16.5. The van der Waals surface area contributed by atoms with Crippen molar-refractivity contribution in [2.24, 2.45) is 5.92 Å². The third-order valence-corrected chi connectivity index (χ3v) is 4.30. The zero-order valence-electron chi connectivity index (χ0n) is 16.5. The summed E-state index contributed by atoms with van der Waals surface area (Å²) in [6.45, 7) is 4.58. The summed E-state index contributed by atoms with van der Waals surface area (Å²) in [4.78, 5) is 23.2. The summed E-state index contributed by atoms with van der Waals surface area (Å²) in [6, 6.07) is 15.0. The van der Waals surface area contributed by atoms with E-state index in [-0.39, 0.29) is 11.6 Å². The Balaban J connectivity index is 2.02. The van der Waals surface area contributed by atoms with Crippen molar-refractivity contribution < 1.29 is 14.5 Å². The molecule has 0 bridgehead atoms. The largest absolute Gasteiger partial charge is 0.497 e. The molecule has 1 heterocycles. The van der Waals surface area contributed by atoms with Crippen LogP contribution in [0.25, 0.3) is 16.9 Å². The van der Waals surface area contributed by atoms with Crippen molar-refractivity contribution >= 4 is 11.6 Å². The van der Waals surface area contributed by atoms with Gasteiger partial charge in [-0.25, -0.2) is 4.68 Å². The Hall–Kier alpha value is -3.68. The molecule has 1 aromatic heterocycles. The molecule has 0 saturated carbocycles. The van der Waals surface area contributed by atoms with Crippen molar-refractivity contribution in [3.05, 3.63) is 70.4 Å². The number of nitro benzene ring substituents is 1. The van der Waals surface area contributed by atoms with Crippen LogP contribution in [0.15, 0.2) is 54.6 Å². The van der Waals surface area contributed by atoms with Gasteiger partial charge in [0.2, 0.25) is 0 Å². The average Bonchev–Trinajstić information content (AvgIpc) is 3.17. The third kappa shape index (κ3) is 4.60. The Kier molecular flexibility index (Phi) is 5.92. The number of carbonyl (C=O) groups excluding carboxylic acids is 1. The second-order valence-electron chi connectivity index (χ2n) is 6.93. The van der Waals surface area contributed by atoms with E-state index in [0.717, 1.165) is 0 Å². The van der Waals surface area contributed by atoms with Gasteiger partial charge in [0, 0.05) is 24.2 Å². The molecule has 0 atom stereocenters. The Labute approximate surface area is 168 Å². The monoisotopic (exact) mass is 394 g/mol. The van der Waals surface area contributed by atoms with Crippen molar-refractivity contribution in [2.75, 3.05) is 13.7 Å². The number of rotatable bonds is 7. The van der Waals surface area contributed by atoms with E-state index in [1.807, 2.05) is 26.0 Å². The SMILES string of the molecule is COc1ccc(-n2nc(-c3ccc([N+](=O)[O-])cc3)cc2C(=O)NCC(C)C)cc1. The number of ether oxygens (including phenoxy) is 1. The second kappa shape index (κ2) is 8.55. The van der Waals surface area contributed by atoms with Gasteiger partial charge in [0.15, 0.2) is 0 Å². The fourth-order valence-corrected chi connectivity index (χ4v) is 2.75. The van der Waals surface area contributed by atoms with Crippen molar-refractivity contribution in [2.45, 2.75) is 13.8 Å². The van der Waals surface area contributed by atoms with Gasteiger partial charge in [0.25, 0.3) is 11.6 Å². The molecule has 3 rings (SSSR count). The Morgan fingerprint density at radius 1 is 1.17 bits per heavy atom. The average molecular weight is 394 g/mol. The number of methoxy groups -OCH3 is 1. The molecule has 0 radical (unpaired) electrons. The van der Waals surface area contributed by atoms with E-state index in [4.69, 9.17) is 4.74 Å². The smallest absolute Gasteiger partial charge is 0.270 e. The van der Waals surface area contributed by atoms with Crippen LogP contribution in [0.2, 0.25) is 0 Å². The van der Waals surface area contributed by atoms with E-state index in [0.29, 0.717) is 40.9 Å². The van der Waals surface area contributed by atoms with Gasteiger partial charge in [-0.05, 0) is 48.4 Å². The van der Waals surface area contributed by atoms with Crippen LogP contribution in [0, 0.1) is 16.0 Å². The van der Waals surface area contributed by atoms with E-state index >= 15 is 0 Å². The molecule has 150 valence electrons. The minimum Gasteiger partial charge on any atom is -0.497 e. The van der Waals surface area contributed by atoms with Crippen molar-refractivity contribution in [1.29, 1.82) is 0 Å². The fourth-order valence-electron chi connectivity index (χ4n) is 2.75. The minimum atomic E-state index is -0.454. The molecule has 2 aromatic carbocycles. The molecule has 0 aliphatic rings. The van der Waals surface area contributed by atoms with Crippen LogP contribution in [0.1, 0.15) is 24.3 Å². The van der Waals surface area contributed by atoms with Gasteiger partial charge in [-0.15, -0.1) is 0 Å². The molecule has 0 aliphatic carbocycles. The lowest BCUT2D eigenvalue weighted by Gasteiger charge is -2.10. The lowest BCUT2D eigenvalue weighted by molar-refractivity contribution is -0.384. The first-order valence-corrected chi connectivity index (χ1v) is 9.16. The summed E-state index contributed by atoms with van der Waals surface area (Å²) in [7, 11) is 1.58. The topological polar surface area (TPSA) is 99.3 Å². The summed E-state index contributed by atoms with van der Waals surface area (Å²) < 4.78 is 6.75. The van der Waals surface area contributed by atoms with Crippen LogP contribution in [0.3, 0.4) is 0 Å². The molecule has 1 N–H and O–H groups in total. The standard InChI is InChI=1S/C21H22N4O4/c1-14(2)13-22-21(26)20-12-19(15-4-6-17(7-5-15)25(27)28)23-24(20)16-8-10-18(29-3)11-9-16/h4-12,14H,13H2,1-3H3,(H,22,26). The number of hydrogen-bond donors (Lipinski definition) is 1. The number of hydrogen-bond acceptors (Lipinski definition) is 5. The molecule has 0 fully saturated rings. The molecule has 29 heavy (non-hydrogen) atoms. The van der Waals surface area contributed by atoms with E-state index < -0.39 is 4.92 Å². The molecule has 0 aliphatic heterocycles. The zero-order chi connectivity index (χ0) is 21.0. The number of benzene rings is 2. The first-order chi connectivity index (χ1) is 13.9. The van der Waals surface area contributed by atoms with Crippen molar-refractivity contribution in [1.82, 2.24) is 15.1 Å². The number of aromatic nitrogens is 2. The van der Waals surface area contributed by atoms with Gasteiger partial charge in [-0.3, -0.25) is 14.9 Å². The van der Waals surface area contributed by atoms with Gasteiger partial charge in [0.1, 0.15) is 11.4 Å². The Morgan fingerprint density at radius 3 is 2.38 bits per heavy atom. The number of nitro groups is 1. The lowest BCUT2D eigenvalue weighted by Crippen LogP contribution is -2.29. The summed E-state index contributed by atoms with van der Waals surface area (Å²) >= 11 is 0. The van der Waals surface area contributed by atoms with Crippen LogP contribution >= 0.6 is 0 Å². The van der Waals surface area contributed by atoms with Crippen LogP contribution < -0.4 is 10.1 Å². The van der Waals surface area contributed by atoms with E-state index in [9.17, 15) is 14.9 Å². The highest BCUT2D eigenvalue weighted by Gasteiger charge is 2.18. The first-order valence-electron chi connectivity index (χ1n) is 9.16. The highest BCUT2D eigenvalue weighted by molar-refractivity contribution is 5.94. The summed E-state index contributed by atoms with van der Waals surface area (Å²) in [5.74, 6) is 0.767. The van der Waals surface area contributed by atoms with Crippen molar-refractivity contribution in [3.8, 4) is 22.7 Å². The Bertz CT molecular complexity index is 1010. The van der Waals surface area contributed by atoms with Crippen LogP contribution in [-0.2, 0) is 0 Å². The third-order valence-electron chi connectivity index (χ3n) is 4.30. The van der Waals surface area contributed by atoms with Gasteiger partial charge in [0.05, 0.1) is 23.4 Å². The molecule has 0 unspecified atom stereocenters. The maximum atomic E-state index is 12.8. The summed E-state index contributed by atoms with van der Waals surface area (Å²) in [5.41, 5.74) is 2.31. The molecular formula is C21H22N4O4. The molecule has 0 spiro atoms. The maximum absolute atomic E-state index is 12.8. The molecule has 1 amide bonds. The number of nitrogens with zero attached hydrogens (tertiary/aromatic N) is 3. The summed E-state index contributed by atoms with van der Waals surface area (Å²) in [6.07, 6.45) is 0. The molecule has 3 aromatic rings. The maximum Gasteiger partial charge on any atom is 0.270 e. The van der Waals surface area contributed by atoms with E-state index in [2.05, 4.69) is 10.4 Å². The van der Waals surface area contributed by atoms with Gasteiger partial charge >= 0.3 is 0 Å². The van der Waals surface area contributed by atoms with E-state index in [1.54, 1.807) is 42.1 Å². The number of amides is 1. The van der Waals surface area contributed by atoms with Crippen molar-refractivity contribution in [3.63, 3.8) is 0 Å². The highest BCUT2D eigenvalue weighted by Crippen LogP contribution is 2.25. The number of carbonyl (C=O) groups is 1. The molecule has 8 heteroatoms. The fraction of sp³-hybridized carbons (Fsp3) is 0.238. The normalized spacial score (nSPS) is 10.8. The lowest BCUT2D eigenvalue weighted by atomic mass is 10.1. The van der Waals surface area contributed by atoms with E-state index in [1.165, 1.54) is 12.1 Å². The Morgan fingerprint density at radius 2 is 1.83 bits per heavy atom. The number of non-ortho nitro benzene ring substituents is 1. The highest BCUT2D eigenvalue weighted by atomic mass is 16.6. The number of nitrogens with one attached hydrogen (secondary N) is 1. The molecule has 8 nitrogen and oxygen atoms in total. The molecule has 0 saturated heterocycles. The van der Waals surface area contributed by atoms with Gasteiger partial charge in [-0.2, -0.15) is 5.10 Å². The molecular weight excluding hydrogens is 372 g/mol. The van der Waals surface area contributed by atoms with Crippen LogP contribution in [0.5, 0.6) is 5.75 Å². The first kappa shape index (κ1) is 20.1. The van der Waals surface area contributed by atoms with Gasteiger partial charge < -0.3 is 10.1 Å². The summed E-state index contributed by atoms with van der Waals surface area (Å²) in [5, 5.41) is 18.4. The van der Waals surface area contributed by atoms with Gasteiger partial charge in [-0.1, -0.05) is 13.8 Å². The quantitative estimate of drug-likeness (QED) is 0.485. The van der Waals surface area contributed by atoms with Crippen LogP contribution in [0.4, 0.5) is 5.69 Å². The predicted octanol–water partition coefficient (Wildman–Crippen LogP) is 3.84.